The van der Waals surface area contributed by atoms with Crippen molar-refractivity contribution in [3.05, 3.63) is 42.5 Å². The fraction of sp³-hybridized carbons (Fsp3) is 0.526. The number of halogens is 1. The zero-order chi connectivity index (χ0) is 18.1. The molecule has 0 saturated heterocycles. The van der Waals surface area contributed by atoms with Crippen LogP contribution in [-0.2, 0) is 6.54 Å². The summed E-state index contributed by atoms with van der Waals surface area (Å²) in [5, 5.41) is 15.0. The molecule has 2 N–H and O–H groups in total. The van der Waals surface area contributed by atoms with Crippen molar-refractivity contribution in [3.63, 3.8) is 0 Å². The van der Waals surface area contributed by atoms with Gasteiger partial charge >= 0.3 is 0 Å². The normalized spacial score (nSPS) is 12.6. The summed E-state index contributed by atoms with van der Waals surface area (Å²) in [5.74, 6) is 2.35. The zero-order valence-electron chi connectivity index (χ0n) is 16.1. The summed E-state index contributed by atoms with van der Waals surface area (Å²) in [6, 6.07) is 10.5. The van der Waals surface area contributed by atoms with Crippen molar-refractivity contribution in [2.45, 2.75) is 53.1 Å². The van der Waals surface area contributed by atoms with Crippen LogP contribution in [0.5, 0.6) is 0 Å². The topological polar surface area (TPSA) is 67.1 Å². The Bertz CT molecular complexity index is 653. The van der Waals surface area contributed by atoms with E-state index in [1.807, 2.05) is 34.9 Å². The van der Waals surface area contributed by atoms with Crippen molar-refractivity contribution >= 4 is 29.9 Å². The molecule has 0 bridgehead atoms. The number of aromatic nitrogens is 3. The molecule has 0 saturated carbocycles. The minimum Gasteiger partial charge on any atom is -0.357 e. The number of nitrogens with one attached hydrogen (secondary N) is 2. The van der Waals surface area contributed by atoms with Gasteiger partial charge in [0.25, 0.3) is 0 Å². The molecule has 1 aromatic heterocycles. The van der Waals surface area contributed by atoms with Crippen molar-refractivity contribution in [1.82, 2.24) is 25.4 Å². The van der Waals surface area contributed by atoms with E-state index in [0.717, 1.165) is 30.4 Å². The summed E-state index contributed by atoms with van der Waals surface area (Å²) in [6.45, 7) is 10.1. The van der Waals surface area contributed by atoms with Crippen LogP contribution in [0.4, 0.5) is 0 Å². The van der Waals surface area contributed by atoms with Crippen LogP contribution in [0.1, 0.15) is 46.4 Å². The van der Waals surface area contributed by atoms with E-state index in [1.54, 1.807) is 6.33 Å². The molecule has 0 radical (unpaired) electrons. The summed E-state index contributed by atoms with van der Waals surface area (Å²) in [6.07, 6.45) is 4.06. The molecule has 144 valence electrons. The molecule has 0 aliphatic carbocycles. The second-order valence-corrected chi connectivity index (χ2v) is 6.66. The smallest absolute Gasteiger partial charge is 0.191 e. The molecule has 0 aliphatic rings. The molecular formula is C19H31IN6. The Hall–Kier alpha value is -1.64. The van der Waals surface area contributed by atoms with Gasteiger partial charge in [0.05, 0.1) is 0 Å². The Balaban J connectivity index is 0.00000338. The maximum absolute atomic E-state index is 4.68. The first-order valence-corrected chi connectivity index (χ1v) is 9.09. The molecule has 1 heterocycles. The number of aliphatic imine (C=N–C) groups is 1. The van der Waals surface area contributed by atoms with E-state index in [0.29, 0.717) is 18.5 Å². The average Bonchev–Trinajstić information content (AvgIpc) is 3.07. The molecule has 1 unspecified atom stereocenters. The van der Waals surface area contributed by atoms with Crippen LogP contribution < -0.4 is 10.6 Å². The summed E-state index contributed by atoms with van der Waals surface area (Å²) >= 11 is 0. The minimum absolute atomic E-state index is 0. The zero-order valence-corrected chi connectivity index (χ0v) is 18.5. The number of nitrogens with zero attached hydrogens (tertiary/aromatic N) is 4. The number of para-hydroxylation sites is 1. The van der Waals surface area contributed by atoms with Crippen LogP contribution in [0.2, 0.25) is 0 Å². The Morgan fingerprint density at radius 3 is 2.54 bits per heavy atom. The van der Waals surface area contributed by atoms with Gasteiger partial charge < -0.3 is 10.6 Å². The highest BCUT2D eigenvalue weighted by molar-refractivity contribution is 14.0. The molecule has 1 aromatic carbocycles. The standard InChI is InChI=1S/C19H30N6.HI/c1-5-20-19(23-16(4)12-11-15(2)3)21-13-18-24-22-14-25(18)17-9-7-6-8-10-17;/h6-10,14-16H,5,11-13H2,1-4H3,(H2,20,21,23);1H. The van der Waals surface area contributed by atoms with E-state index in [1.165, 1.54) is 6.42 Å². The van der Waals surface area contributed by atoms with Gasteiger partial charge in [-0.05, 0) is 44.7 Å². The van der Waals surface area contributed by atoms with Crippen LogP contribution >= 0.6 is 24.0 Å². The van der Waals surface area contributed by atoms with Crippen molar-refractivity contribution in [3.8, 4) is 5.69 Å². The number of benzene rings is 1. The van der Waals surface area contributed by atoms with Gasteiger partial charge in [-0.2, -0.15) is 0 Å². The predicted molar refractivity (Wildman–Crippen MR) is 118 cm³/mol. The van der Waals surface area contributed by atoms with Crippen LogP contribution in [0.15, 0.2) is 41.7 Å². The summed E-state index contributed by atoms with van der Waals surface area (Å²) in [4.78, 5) is 4.68. The van der Waals surface area contributed by atoms with E-state index in [4.69, 9.17) is 0 Å². The van der Waals surface area contributed by atoms with Crippen molar-refractivity contribution in [2.75, 3.05) is 6.54 Å². The van der Waals surface area contributed by atoms with Crippen LogP contribution in [0.3, 0.4) is 0 Å². The van der Waals surface area contributed by atoms with Gasteiger partial charge in [0.2, 0.25) is 0 Å². The highest BCUT2D eigenvalue weighted by Gasteiger charge is 2.09. The lowest BCUT2D eigenvalue weighted by molar-refractivity contribution is 0.489. The lowest BCUT2D eigenvalue weighted by atomic mass is 10.0. The van der Waals surface area contributed by atoms with Crippen molar-refractivity contribution < 1.29 is 0 Å². The molecule has 0 amide bonds. The second kappa shape index (κ2) is 11.9. The molecule has 0 aliphatic heterocycles. The number of hydrogen-bond acceptors (Lipinski definition) is 3. The summed E-state index contributed by atoms with van der Waals surface area (Å²) < 4.78 is 1.97. The van der Waals surface area contributed by atoms with E-state index in [2.05, 4.69) is 53.5 Å². The monoisotopic (exact) mass is 470 g/mol. The van der Waals surface area contributed by atoms with E-state index < -0.39 is 0 Å². The van der Waals surface area contributed by atoms with Gasteiger partial charge in [0, 0.05) is 18.3 Å². The lowest BCUT2D eigenvalue weighted by Gasteiger charge is -2.18. The fourth-order valence-electron chi connectivity index (χ4n) is 2.53. The van der Waals surface area contributed by atoms with E-state index in [9.17, 15) is 0 Å². The predicted octanol–water partition coefficient (Wildman–Crippen LogP) is 3.77. The van der Waals surface area contributed by atoms with Crippen molar-refractivity contribution in [1.29, 1.82) is 0 Å². The number of hydrogen-bond donors (Lipinski definition) is 2. The highest BCUT2D eigenvalue weighted by Crippen LogP contribution is 2.10. The van der Waals surface area contributed by atoms with Crippen LogP contribution in [-0.4, -0.2) is 33.3 Å². The Kier molecular flexibility index (Phi) is 10.2. The minimum atomic E-state index is 0. The van der Waals surface area contributed by atoms with Gasteiger partial charge in [0.1, 0.15) is 12.9 Å². The Labute approximate surface area is 173 Å². The van der Waals surface area contributed by atoms with Crippen LogP contribution in [0.25, 0.3) is 5.69 Å². The van der Waals surface area contributed by atoms with Gasteiger partial charge in [-0.3, -0.25) is 4.57 Å². The Morgan fingerprint density at radius 1 is 1.15 bits per heavy atom. The maximum Gasteiger partial charge on any atom is 0.191 e. The van der Waals surface area contributed by atoms with Gasteiger partial charge in [-0.25, -0.2) is 4.99 Å². The Morgan fingerprint density at radius 2 is 1.88 bits per heavy atom. The molecule has 0 fully saturated rings. The molecular weight excluding hydrogens is 439 g/mol. The molecule has 2 aromatic rings. The maximum atomic E-state index is 4.68. The molecule has 1 atom stereocenters. The third kappa shape index (κ3) is 7.31. The number of rotatable bonds is 8. The summed E-state index contributed by atoms with van der Waals surface area (Å²) in [7, 11) is 0. The number of guanidine groups is 1. The first-order valence-electron chi connectivity index (χ1n) is 9.09. The van der Waals surface area contributed by atoms with Crippen molar-refractivity contribution in [2.24, 2.45) is 10.9 Å². The molecule has 2 rings (SSSR count). The molecule has 0 spiro atoms. The first-order chi connectivity index (χ1) is 12.1. The van der Waals surface area contributed by atoms with E-state index in [-0.39, 0.29) is 24.0 Å². The highest BCUT2D eigenvalue weighted by atomic mass is 127. The third-order valence-electron chi connectivity index (χ3n) is 3.94. The lowest BCUT2D eigenvalue weighted by Crippen LogP contribution is -2.42. The third-order valence-corrected chi connectivity index (χ3v) is 3.94. The molecule has 6 nitrogen and oxygen atoms in total. The average molecular weight is 470 g/mol. The second-order valence-electron chi connectivity index (χ2n) is 6.66. The summed E-state index contributed by atoms with van der Waals surface area (Å²) in [5.41, 5.74) is 1.04. The molecule has 7 heteroatoms. The quantitative estimate of drug-likeness (QED) is 0.350. The molecule has 26 heavy (non-hydrogen) atoms. The fourth-order valence-corrected chi connectivity index (χ4v) is 2.53. The van der Waals surface area contributed by atoms with E-state index >= 15 is 0 Å². The van der Waals surface area contributed by atoms with Gasteiger partial charge in [0.15, 0.2) is 11.8 Å². The SMILES string of the molecule is CCNC(=NCc1nncn1-c1ccccc1)NC(C)CCC(C)C.I. The first kappa shape index (κ1) is 22.4. The van der Waals surface area contributed by atoms with Gasteiger partial charge in [-0.15, -0.1) is 34.2 Å². The van der Waals surface area contributed by atoms with Crippen LogP contribution in [0, 0.1) is 5.92 Å². The largest absolute Gasteiger partial charge is 0.357 e. The van der Waals surface area contributed by atoms with Gasteiger partial charge in [-0.1, -0.05) is 32.0 Å².